The summed E-state index contributed by atoms with van der Waals surface area (Å²) in [7, 11) is 1.45. The van der Waals surface area contributed by atoms with E-state index < -0.39 is 0 Å². The highest BCUT2D eigenvalue weighted by molar-refractivity contribution is 9.11. The van der Waals surface area contributed by atoms with Gasteiger partial charge in [-0.15, -0.1) is 0 Å². The fourth-order valence-corrected chi connectivity index (χ4v) is 2.25. The minimum Gasteiger partial charge on any atom is -0.469 e. The molecule has 0 bridgehead atoms. The molecule has 2 unspecified atom stereocenters. The summed E-state index contributed by atoms with van der Waals surface area (Å²) in [6.07, 6.45) is 0. The van der Waals surface area contributed by atoms with Crippen LogP contribution in [0.5, 0.6) is 0 Å². The Hall–Kier alpha value is -0.350. The van der Waals surface area contributed by atoms with E-state index in [-0.39, 0.29) is 11.9 Å². The molecule has 4 heteroatoms. The second-order valence-electron chi connectivity index (χ2n) is 3.82. The molecule has 0 amide bonds. The third kappa shape index (κ3) is 2.82. The number of hydrogen-bond donors (Lipinski definition) is 0. The van der Waals surface area contributed by atoms with E-state index in [1.807, 2.05) is 0 Å². The van der Waals surface area contributed by atoms with Crippen LogP contribution >= 0.6 is 15.9 Å². The van der Waals surface area contributed by atoms with Crippen LogP contribution < -0.4 is 0 Å². The molecule has 1 fully saturated rings. The number of esters is 1. The third-order valence-electron chi connectivity index (χ3n) is 2.59. The average molecular weight is 262 g/mol. The van der Waals surface area contributed by atoms with Crippen molar-refractivity contribution in [2.75, 3.05) is 26.7 Å². The molecule has 14 heavy (non-hydrogen) atoms. The van der Waals surface area contributed by atoms with Crippen molar-refractivity contribution in [1.29, 1.82) is 0 Å². The molecule has 2 atom stereocenters. The highest BCUT2D eigenvalue weighted by Gasteiger charge is 2.35. The molecule has 80 valence electrons. The van der Waals surface area contributed by atoms with E-state index in [0.29, 0.717) is 5.92 Å². The molecule has 1 saturated heterocycles. The highest BCUT2D eigenvalue weighted by atomic mass is 79.9. The Morgan fingerprint density at radius 3 is 2.79 bits per heavy atom. The summed E-state index contributed by atoms with van der Waals surface area (Å²) in [5, 5.41) is 0. The summed E-state index contributed by atoms with van der Waals surface area (Å²) in [4.78, 5) is 13.6. The fourth-order valence-electron chi connectivity index (χ4n) is 1.90. The van der Waals surface area contributed by atoms with Crippen molar-refractivity contribution >= 4 is 21.9 Å². The molecule has 0 spiro atoms. The lowest BCUT2D eigenvalue weighted by Gasteiger charge is -2.13. The number of ether oxygens (including phenoxy) is 1. The van der Waals surface area contributed by atoms with E-state index in [1.165, 1.54) is 7.11 Å². The van der Waals surface area contributed by atoms with Gasteiger partial charge >= 0.3 is 5.97 Å². The van der Waals surface area contributed by atoms with Crippen LogP contribution in [0.15, 0.2) is 11.1 Å². The first-order valence-electron chi connectivity index (χ1n) is 4.68. The monoisotopic (exact) mass is 261 g/mol. The normalized spacial score (nSPS) is 27.6. The molecule has 0 aliphatic carbocycles. The van der Waals surface area contributed by atoms with Gasteiger partial charge in [0.25, 0.3) is 0 Å². The van der Waals surface area contributed by atoms with Crippen molar-refractivity contribution < 1.29 is 9.53 Å². The molecule has 0 aromatic carbocycles. The lowest BCUT2D eigenvalue weighted by Crippen LogP contribution is -2.25. The van der Waals surface area contributed by atoms with Crippen LogP contribution in [-0.4, -0.2) is 37.6 Å². The minimum atomic E-state index is -0.0971. The minimum absolute atomic E-state index is 0.0202. The Morgan fingerprint density at radius 1 is 1.64 bits per heavy atom. The smallest absolute Gasteiger partial charge is 0.310 e. The first kappa shape index (κ1) is 11.7. The van der Waals surface area contributed by atoms with Gasteiger partial charge in [0, 0.05) is 24.1 Å². The number of methoxy groups -OCH3 is 1. The van der Waals surface area contributed by atoms with Crippen LogP contribution in [0, 0.1) is 11.8 Å². The first-order valence-corrected chi connectivity index (χ1v) is 5.47. The molecule has 0 radical (unpaired) electrons. The fraction of sp³-hybridized carbons (Fsp3) is 0.700. The third-order valence-corrected chi connectivity index (χ3v) is 2.84. The van der Waals surface area contributed by atoms with Gasteiger partial charge in [0.15, 0.2) is 0 Å². The number of carbonyl (C=O) groups excluding carboxylic acids is 1. The average Bonchev–Trinajstić information content (AvgIpc) is 2.44. The zero-order chi connectivity index (χ0) is 10.7. The number of carbonyl (C=O) groups is 1. The topological polar surface area (TPSA) is 29.5 Å². The summed E-state index contributed by atoms with van der Waals surface area (Å²) < 4.78 is 5.71. The van der Waals surface area contributed by atoms with Crippen LogP contribution in [-0.2, 0) is 9.53 Å². The molecule has 0 aromatic rings. The lowest BCUT2D eigenvalue weighted by molar-refractivity contribution is -0.146. The maximum atomic E-state index is 11.4. The summed E-state index contributed by atoms with van der Waals surface area (Å²) >= 11 is 3.33. The summed E-state index contributed by atoms with van der Waals surface area (Å²) in [5.74, 6) is 0.293. The van der Waals surface area contributed by atoms with E-state index in [2.05, 4.69) is 34.3 Å². The predicted molar refractivity (Wildman–Crippen MR) is 59.2 cm³/mol. The second kappa shape index (κ2) is 4.94. The van der Waals surface area contributed by atoms with E-state index in [1.54, 1.807) is 0 Å². The molecule has 1 rings (SSSR count). The van der Waals surface area contributed by atoms with Crippen molar-refractivity contribution in [3.63, 3.8) is 0 Å². The van der Waals surface area contributed by atoms with Crippen LogP contribution in [0.3, 0.4) is 0 Å². The van der Waals surface area contributed by atoms with Gasteiger partial charge in [-0.3, -0.25) is 9.69 Å². The van der Waals surface area contributed by atoms with Gasteiger partial charge in [0.2, 0.25) is 0 Å². The molecular weight excluding hydrogens is 246 g/mol. The van der Waals surface area contributed by atoms with Crippen LogP contribution in [0.1, 0.15) is 6.92 Å². The van der Waals surface area contributed by atoms with Gasteiger partial charge in [0.05, 0.1) is 13.0 Å². The maximum absolute atomic E-state index is 11.4. The van der Waals surface area contributed by atoms with Crippen molar-refractivity contribution in [3.05, 3.63) is 11.1 Å². The number of rotatable bonds is 3. The van der Waals surface area contributed by atoms with Crippen molar-refractivity contribution in [3.8, 4) is 0 Å². The summed E-state index contributed by atoms with van der Waals surface area (Å²) in [6, 6.07) is 0. The maximum Gasteiger partial charge on any atom is 0.310 e. The molecule has 1 aliphatic heterocycles. The summed E-state index contributed by atoms with van der Waals surface area (Å²) in [6.45, 7) is 8.39. The van der Waals surface area contributed by atoms with Gasteiger partial charge in [-0.2, -0.15) is 0 Å². The molecular formula is C10H16BrNO2. The van der Waals surface area contributed by atoms with Gasteiger partial charge < -0.3 is 4.74 Å². The van der Waals surface area contributed by atoms with Gasteiger partial charge in [-0.05, 0) is 5.92 Å². The number of halogens is 1. The molecule has 0 N–H and O–H groups in total. The number of hydrogen-bond acceptors (Lipinski definition) is 3. The Labute approximate surface area is 93.2 Å². The van der Waals surface area contributed by atoms with Gasteiger partial charge in [0.1, 0.15) is 0 Å². The van der Waals surface area contributed by atoms with Crippen molar-refractivity contribution in [1.82, 2.24) is 4.90 Å². The van der Waals surface area contributed by atoms with E-state index in [9.17, 15) is 4.79 Å². The van der Waals surface area contributed by atoms with Crippen molar-refractivity contribution in [2.45, 2.75) is 6.92 Å². The Morgan fingerprint density at radius 2 is 2.29 bits per heavy atom. The van der Waals surface area contributed by atoms with Crippen LogP contribution in [0.25, 0.3) is 0 Å². The number of nitrogens with zero attached hydrogens (tertiary/aromatic N) is 1. The Kier molecular flexibility index (Phi) is 4.13. The Bertz CT molecular complexity index is 242. The lowest BCUT2D eigenvalue weighted by atomic mass is 9.99. The highest BCUT2D eigenvalue weighted by Crippen LogP contribution is 2.24. The predicted octanol–water partition coefficient (Wildman–Crippen LogP) is 1.64. The molecule has 1 aliphatic rings. The van der Waals surface area contributed by atoms with Crippen molar-refractivity contribution in [2.24, 2.45) is 11.8 Å². The zero-order valence-corrected chi connectivity index (χ0v) is 10.2. The van der Waals surface area contributed by atoms with E-state index in [4.69, 9.17) is 4.74 Å². The number of likely N-dealkylation sites (tertiary alicyclic amines) is 1. The second-order valence-corrected chi connectivity index (χ2v) is 4.94. The summed E-state index contributed by atoms with van der Waals surface area (Å²) in [5.41, 5.74) is 0. The van der Waals surface area contributed by atoms with Gasteiger partial charge in [-0.1, -0.05) is 29.4 Å². The SMILES string of the molecule is C=C(Br)CN1CC(C)C(C(=O)OC)C1. The van der Waals surface area contributed by atoms with E-state index >= 15 is 0 Å². The molecule has 0 aromatic heterocycles. The van der Waals surface area contributed by atoms with Crippen LogP contribution in [0.2, 0.25) is 0 Å². The van der Waals surface area contributed by atoms with Crippen LogP contribution in [0.4, 0.5) is 0 Å². The van der Waals surface area contributed by atoms with E-state index in [0.717, 1.165) is 24.1 Å². The first-order chi connectivity index (χ1) is 6.54. The zero-order valence-electron chi connectivity index (χ0n) is 8.62. The standard InChI is InChI=1S/C10H16BrNO2/c1-7-4-12(5-8(2)11)6-9(7)10(13)14-3/h7,9H,2,4-6H2,1,3H3. The Balaban J connectivity index is 2.51. The molecule has 3 nitrogen and oxygen atoms in total. The van der Waals surface area contributed by atoms with Gasteiger partial charge in [-0.25, -0.2) is 0 Å². The molecule has 0 saturated carbocycles. The quantitative estimate of drug-likeness (QED) is 0.724. The molecule has 1 heterocycles. The largest absolute Gasteiger partial charge is 0.469 e.